The molecule has 2 aliphatic rings. The summed E-state index contributed by atoms with van der Waals surface area (Å²) in [5.74, 6) is -1.37. The van der Waals surface area contributed by atoms with E-state index < -0.39 is 17.7 Å². The molecule has 0 radical (unpaired) electrons. The van der Waals surface area contributed by atoms with Gasteiger partial charge in [-0.25, -0.2) is 23.6 Å². The Bertz CT molecular complexity index is 1040. The number of hydrogen-bond donors (Lipinski definition) is 1. The number of urea groups is 1. The maximum Gasteiger partial charge on any atom is 0.341 e. The van der Waals surface area contributed by atoms with Gasteiger partial charge in [-0.2, -0.15) is 5.10 Å². The van der Waals surface area contributed by atoms with Crippen molar-refractivity contribution < 1.29 is 18.3 Å². The van der Waals surface area contributed by atoms with Gasteiger partial charge in [-0.15, -0.1) is 0 Å². The minimum atomic E-state index is -0.687. The lowest BCUT2D eigenvalue weighted by Crippen LogP contribution is -2.58. The summed E-state index contributed by atoms with van der Waals surface area (Å²) < 4.78 is 33.0. The van der Waals surface area contributed by atoms with Gasteiger partial charge in [-0.05, 0) is 30.0 Å². The number of nitrogens with two attached hydrogens (primary N) is 1. The molecule has 4 rings (SSSR count). The molecule has 2 aromatic rings. The normalized spacial score (nSPS) is 19.3. The number of carbonyl (C=O) groups excluding carboxylic acids is 1. The zero-order valence-electron chi connectivity index (χ0n) is 16.6. The predicted octanol–water partition coefficient (Wildman–Crippen LogP) is 2.93. The number of ether oxygens (including phenoxy) is 1. The van der Waals surface area contributed by atoms with Gasteiger partial charge in [0.05, 0.1) is 24.8 Å². The van der Waals surface area contributed by atoms with Crippen LogP contribution >= 0.6 is 11.3 Å². The van der Waals surface area contributed by atoms with Crippen LogP contribution in [0, 0.1) is 11.6 Å². The Morgan fingerprint density at radius 2 is 2.06 bits per heavy atom. The number of carbonyl (C=O) groups is 1. The molecule has 1 aromatic carbocycles. The fourth-order valence-corrected chi connectivity index (χ4v) is 4.12. The molecule has 2 aliphatic heterocycles. The van der Waals surface area contributed by atoms with E-state index >= 15 is 0 Å². The molecule has 8 nitrogen and oxygen atoms in total. The Morgan fingerprint density at radius 3 is 2.74 bits per heavy atom. The van der Waals surface area contributed by atoms with Gasteiger partial charge < -0.3 is 15.4 Å². The molecule has 3 heterocycles. The number of amides is 2. The summed E-state index contributed by atoms with van der Waals surface area (Å²) >= 11 is 1.33. The lowest BCUT2D eigenvalue weighted by molar-refractivity contribution is 0.0276. The molecule has 0 spiro atoms. The van der Waals surface area contributed by atoms with E-state index in [-0.39, 0.29) is 12.1 Å². The quantitative estimate of drug-likeness (QED) is 0.715. The lowest BCUT2D eigenvalue weighted by atomic mass is 10.0. The third-order valence-electron chi connectivity index (χ3n) is 4.92. The van der Waals surface area contributed by atoms with Crippen LogP contribution < -0.4 is 10.5 Å². The van der Waals surface area contributed by atoms with Gasteiger partial charge in [0.2, 0.25) is 0 Å². The van der Waals surface area contributed by atoms with E-state index in [1.165, 1.54) is 34.7 Å². The standard InChI is InChI=1S/C20H20F2N6O2S/c1-24-16(2-4-23)17-11-31-19(26-17)30-15-9-27(10-15)20(29)28-18(3-5-25-28)12-6-13(21)8-14(22)7-12/h2,4-8,11,15,18H,3,9-10,23H2,1H3/t18-/m0/s1. The lowest BCUT2D eigenvalue weighted by Gasteiger charge is -2.40. The maximum atomic E-state index is 13.6. The van der Waals surface area contributed by atoms with Crippen molar-refractivity contribution >= 4 is 29.3 Å². The Labute approximate surface area is 181 Å². The molecule has 1 atom stereocenters. The molecule has 162 valence electrons. The van der Waals surface area contributed by atoms with Crippen molar-refractivity contribution in [2.75, 3.05) is 20.1 Å². The first-order valence-electron chi connectivity index (χ1n) is 9.52. The number of aliphatic imine (C=N–C) groups is 1. The van der Waals surface area contributed by atoms with Crippen molar-refractivity contribution in [2.24, 2.45) is 15.8 Å². The van der Waals surface area contributed by atoms with Crippen LogP contribution in [0.2, 0.25) is 0 Å². The van der Waals surface area contributed by atoms with Crippen molar-refractivity contribution in [1.29, 1.82) is 0 Å². The van der Waals surface area contributed by atoms with Gasteiger partial charge in [0.1, 0.15) is 23.4 Å². The minimum absolute atomic E-state index is 0.202. The van der Waals surface area contributed by atoms with Gasteiger partial charge >= 0.3 is 6.03 Å². The number of halogens is 2. The molecule has 0 aliphatic carbocycles. The monoisotopic (exact) mass is 446 g/mol. The van der Waals surface area contributed by atoms with Crippen LogP contribution in [0.3, 0.4) is 0 Å². The van der Waals surface area contributed by atoms with Crippen molar-refractivity contribution in [3.63, 3.8) is 0 Å². The van der Waals surface area contributed by atoms with E-state index in [9.17, 15) is 13.6 Å². The number of nitrogens with zero attached hydrogens (tertiary/aromatic N) is 5. The second-order valence-electron chi connectivity index (χ2n) is 6.99. The van der Waals surface area contributed by atoms with Crippen LogP contribution in [0.1, 0.15) is 23.7 Å². The largest absolute Gasteiger partial charge is 0.463 e. The summed E-state index contributed by atoms with van der Waals surface area (Å²) in [5.41, 5.74) is 7.08. The molecular formula is C20H20F2N6O2S. The molecule has 2 N–H and O–H groups in total. The summed E-state index contributed by atoms with van der Waals surface area (Å²) in [5, 5.41) is 7.66. The highest BCUT2D eigenvalue weighted by atomic mass is 32.1. The molecule has 11 heteroatoms. The van der Waals surface area contributed by atoms with Crippen LogP contribution in [0.4, 0.5) is 13.6 Å². The number of rotatable bonds is 5. The van der Waals surface area contributed by atoms with Gasteiger partial charge in [-0.1, -0.05) is 11.3 Å². The van der Waals surface area contributed by atoms with E-state index in [0.29, 0.717) is 41.7 Å². The van der Waals surface area contributed by atoms with Gasteiger partial charge in [0.15, 0.2) is 0 Å². The smallest absolute Gasteiger partial charge is 0.341 e. The minimum Gasteiger partial charge on any atom is -0.463 e. The molecule has 31 heavy (non-hydrogen) atoms. The first-order valence-corrected chi connectivity index (χ1v) is 10.4. The Morgan fingerprint density at radius 1 is 1.32 bits per heavy atom. The zero-order valence-corrected chi connectivity index (χ0v) is 17.4. The van der Waals surface area contributed by atoms with E-state index in [0.717, 1.165) is 6.07 Å². The molecule has 1 saturated heterocycles. The topological polar surface area (TPSA) is 96.4 Å². The second-order valence-corrected chi connectivity index (χ2v) is 7.81. The van der Waals surface area contributed by atoms with Crippen molar-refractivity contribution in [3.8, 4) is 5.19 Å². The Kier molecular flexibility index (Phi) is 5.94. The average molecular weight is 446 g/mol. The first kappa shape index (κ1) is 20.9. The zero-order chi connectivity index (χ0) is 22.0. The van der Waals surface area contributed by atoms with E-state index in [2.05, 4.69) is 15.1 Å². The number of hydrogen-bond acceptors (Lipinski definition) is 7. The SMILES string of the molecule is CN=C(C=CN)c1csc(OC2CN(C(=O)N3N=CC[C@H]3c3cc(F)cc(F)c3)C2)n1. The Hall–Kier alpha value is -3.34. The highest BCUT2D eigenvalue weighted by molar-refractivity contribution is 7.11. The fourth-order valence-electron chi connectivity index (χ4n) is 3.39. The molecule has 1 fully saturated rings. The van der Waals surface area contributed by atoms with Crippen LogP contribution in [0.15, 0.2) is 45.9 Å². The fraction of sp³-hybridized carbons (Fsp3) is 0.300. The summed E-state index contributed by atoms with van der Waals surface area (Å²) in [4.78, 5) is 22.9. The first-order chi connectivity index (χ1) is 15.0. The molecule has 2 amide bonds. The third kappa shape index (κ3) is 4.41. The molecule has 0 saturated carbocycles. The average Bonchev–Trinajstić information content (AvgIpc) is 3.37. The number of benzene rings is 1. The van der Waals surface area contributed by atoms with Crippen LogP contribution in [0.25, 0.3) is 0 Å². The summed E-state index contributed by atoms with van der Waals surface area (Å²) in [6, 6.07) is 2.36. The summed E-state index contributed by atoms with van der Waals surface area (Å²) in [6.07, 6.45) is 4.80. The van der Waals surface area contributed by atoms with Gasteiger partial charge in [-0.3, -0.25) is 4.99 Å². The predicted molar refractivity (Wildman–Crippen MR) is 113 cm³/mol. The van der Waals surface area contributed by atoms with Crippen molar-refractivity contribution in [2.45, 2.75) is 18.6 Å². The number of hydrazone groups is 1. The van der Waals surface area contributed by atoms with Crippen molar-refractivity contribution in [1.82, 2.24) is 14.9 Å². The summed E-state index contributed by atoms with van der Waals surface area (Å²) in [7, 11) is 1.65. The number of aromatic nitrogens is 1. The highest BCUT2D eigenvalue weighted by Crippen LogP contribution is 2.32. The molecular weight excluding hydrogens is 426 g/mol. The molecule has 0 unspecified atom stereocenters. The highest BCUT2D eigenvalue weighted by Gasteiger charge is 2.39. The van der Waals surface area contributed by atoms with Crippen molar-refractivity contribution in [3.05, 3.63) is 58.7 Å². The van der Waals surface area contributed by atoms with Gasteiger partial charge in [0.25, 0.3) is 5.19 Å². The van der Waals surface area contributed by atoms with E-state index in [1.54, 1.807) is 24.2 Å². The Balaban J connectivity index is 1.35. The second kappa shape index (κ2) is 8.80. The van der Waals surface area contributed by atoms with E-state index in [1.807, 2.05) is 5.38 Å². The van der Waals surface area contributed by atoms with E-state index in [4.69, 9.17) is 10.5 Å². The molecule has 1 aromatic heterocycles. The molecule has 0 bridgehead atoms. The maximum absolute atomic E-state index is 13.6. The van der Waals surface area contributed by atoms with Crippen LogP contribution in [-0.2, 0) is 0 Å². The van der Waals surface area contributed by atoms with Gasteiger partial charge in [0, 0.05) is 31.1 Å². The third-order valence-corrected chi connectivity index (χ3v) is 5.65. The number of allylic oxidation sites excluding steroid dienone is 1. The van der Waals surface area contributed by atoms with Crippen LogP contribution in [-0.4, -0.2) is 59.1 Å². The summed E-state index contributed by atoms with van der Waals surface area (Å²) in [6.45, 7) is 0.725. The number of thiazole rings is 1. The van der Waals surface area contributed by atoms with Crippen LogP contribution in [0.5, 0.6) is 5.19 Å². The number of likely N-dealkylation sites (tertiary alicyclic amines) is 1.